The van der Waals surface area contributed by atoms with E-state index in [1.165, 1.54) is 4.31 Å². The maximum atomic E-state index is 12.7. The van der Waals surface area contributed by atoms with Gasteiger partial charge < -0.3 is 5.32 Å². The number of amides is 1. The van der Waals surface area contributed by atoms with Gasteiger partial charge in [0, 0.05) is 38.1 Å². The molecule has 0 bridgehead atoms. The van der Waals surface area contributed by atoms with Crippen LogP contribution in [0.4, 0.5) is 5.69 Å². The number of hydrogen-bond donors (Lipinski definition) is 1. The highest BCUT2D eigenvalue weighted by Crippen LogP contribution is 2.26. The number of nitrogens with zero attached hydrogens (tertiary/aromatic N) is 2. The molecule has 3 rings (SSSR count). The normalized spacial score (nSPS) is 14.3. The van der Waals surface area contributed by atoms with Crippen molar-refractivity contribution in [2.24, 2.45) is 0 Å². The third kappa shape index (κ3) is 3.47. The number of carbonyl (C=O) groups excluding carboxylic acids is 1. The summed E-state index contributed by atoms with van der Waals surface area (Å²) in [5.74, 6) is -0.0347. The number of rotatable bonds is 5. The number of likely N-dealkylation sites (N-methyl/N-ethyl adjacent to an activating group) is 1. The Kier molecular flexibility index (Phi) is 4.64. The number of sulfonamides is 1. The molecule has 0 saturated heterocycles. The van der Waals surface area contributed by atoms with Crippen molar-refractivity contribution in [3.63, 3.8) is 0 Å². The summed E-state index contributed by atoms with van der Waals surface area (Å²) < 4.78 is 26.8. The van der Waals surface area contributed by atoms with Crippen LogP contribution in [0.2, 0.25) is 0 Å². The standard InChI is InChI=1S/C17H19N3O3S/c1-20(11-8-13-6-9-18-10-7-13)24(22,23)15-3-4-16-14(12-15)2-5-17(21)19-16/h3-4,6-7,9-10,12H,2,5,8,11H2,1H3,(H,19,21). The van der Waals surface area contributed by atoms with Gasteiger partial charge in [0.1, 0.15) is 0 Å². The van der Waals surface area contributed by atoms with Crippen LogP contribution in [-0.4, -0.2) is 37.2 Å². The van der Waals surface area contributed by atoms with Gasteiger partial charge in [-0.25, -0.2) is 12.7 Å². The van der Waals surface area contributed by atoms with Crippen LogP contribution < -0.4 is 5.32 Å². The number of carbonyl (C=O) groups is 1. The van der Waals surface area contributed by atoms with E-state index in [4.69, 9.17) is 0 Å². The Bertz CT molecular complexity index is 851. The molecule has 6 nitrogen and oxygen atoms in total. The first-order valence-electron chi connectivity index (χ1n) is 7.75. The number of benzene rings is 1. The third-order valence-corrected chi connectivity index (χ3v) is 6.00. The van der Waals surface area contributed by atoms with E-state index >= 15 is 0 Å². The number of pyridine rings is 1. The molecule has 7 heteroatoms. The zero-order valence-electron chi connectivity index (χ0n) is 13.4. The SMILES string of the molecule is CN(CCc1ccncc1)S(=O)(=O)c1ccc2c(c1)CCC(=O)N2. The Hall–Kier alpha value is -2.25. The van der Waals surface area contributed by atoms with E-state index < -0.39 is 10.0 Å². The Morgan fingerprint density at radius 3 is 2.67 bits per heavy atom. The van der Waals surface area contributed by atoms with Gasteiger partial charge in [0.05, 0.1) is 4.90 Å². The summed E-state index contributed by atoms with van der Waals surface area (Å²) in [6.45, 7) is 0.389. The predicted octanol–water partition coefficient (Wildman–Crippen LogP) is 1.83. The Morgan fingerprint density at radius 1 is 1.17 bits per heavy atom. The van der Waals surface area contributed by atoms with Crippen LogP contribution in [0.5, 0.6) is 0 Å². The minimum atomic E-state index is -3.55. The van der Waals surface area contributed by atoms with Crippen molar-refractivity contribution < 1.29 is 13.2 Å². The molecule has 0 fully saturated rings. The van der Waals surface area contributed by atoms with Gasteiger partial charge >= 0.3 is 0 Å². The molecular formula is C17H19N3O3S. The third-order valence-electron chi connectivity index (χ3n) is 4.15. The molecule has 0 radical (unpaired) electrons. The zero-order valence-corrected chi connectivity index (χ0v) is 14.2. The first kappa shape index (κ1) is 16.6. The lowest BCUT2D eigenvalue weighted by atomic mass is 10.0. The fourth-order valence-corrected chi connectivity index (χ4v) is 3.88. The average molecular weight is 345 g/mol. The number of fused-ring (bicyclic) bond motifs is 1. The molecule has 0 aliphatic carbocycles. The van der Waals surface area contributed by atoms with Crippen molar-refractivity contribution in [1.29, 1.82) is 0 Å². The van der Waals surface area contributed by atoms with Crippen molar-refractivity contribution >= 4 is 21.6 Å². The van der Waals surface area contributed by atoms with E-state index in [-0.39, 0.29) is 10.8 Å². The highest BCUT2D eigenvalue weighted by Gasteiger charge is 2.23. The lowest BCUT2D eigenvalue weighted by Crippen LogP contribution is -2.29. The van der Waals surface area contributed by atoms with Crippen LogP contribution in [0.15, 0.2) is 47.6 Å². The quantitative estimate of drug-likeness (QED) is 0.897. The molecule has 0 unspecified atom stereocenters. The summed E-state index contributed by atoms with van der Waals surface area (Å²) in [5.41, 5.74) is 2.60. The summed E-state index contributed by atoms with van der Waals surface area (Å²) in [6.07, 6.45) is 4.96. The van der Waals surface area contributed by atoms with Crippen LogP contribution in [0, 0.1) is 0 Å². The number of anilines is 1. The number of aromatic nitrogens is 1. The molecule has 1 amide bonds. The highest BCUT2D eigenvalue weighted by atomic mass is 32.2. The van der Waals surface area contributed by atoms with Gasteiger partial charge in [-0.2, -0.15) is 0 Å². The van der Waals surface area contributed by atoms with Gasteiger partial charge in [-0.15, -0.1) is 0 Å². The van der Waals surface area contributed by atoms with Gasteiger partial charge in [0.15, 0.2) is 0 Å². The second kappa shape index (κ2) is 6.70. The molecule has 126 valence electrons. The van der Waals surface area contributed by atoms with Crippen molar-refractivity contribution in [3.8, 4) is 0 Å². The maximum Gasteiger partial charge on any atom is 0.242 e. The lowest BCUT2D eigenvalue weighted by molar-refractivity contribution is -0.116. The summed E-state index contributed by atoms with van der Waals surface area (Å²) in [4.78, 5) is 15.6. The molecule has 0 atom stereocenters. The minimum Gasteiger partial charge on any atom is -0.326 e. The minimum absolute atomic E-state index is 0.0347. The Labute approximate surface area is 141 Å². The zero-order chi connectivity index (χ0) is 17.2. The molecule has 2 heterocycles. The first-order valence-corrected chi connectivity index (χ1v) is 9.19. The monoisotopic (exact) mass is 345 g/mol. The van der Waals surface area contributed by atoms with E-state index in [0.717, 1.165) is 11.1 Å². The predicted molar refractivity (Wildman–Crippen MR) is 91.1 cm³/mol. The molecule has 0 spiro atoms. The maximum absolute atomic E-state index is 12.7. The lowest BCUT2D eigenvalue weighted by Gasteiger charge is -2.20. The van der Waals surface area contributed by atoms with E-state index in [9.17, 15) is 13.2 Å². The van der Waals surface area contributed by atoms with E-state index in [2.05, 4.69) is 10.3 Å². The van der Waals surface area contributed by atoms with Crippen LogP contribution in [0.25, 0.3) is 0 Å². The van der Waals surface area contributed by atoms with Crippen LogP contribution in [0.1, 0.15) is 17.5 Å². The van der Waals surface area contributed by atoms with E-state index in [1.54, 1.807) is 37.6 Å². The molecule has 1 aromatic heterocycles. The second-order valence-corrected chi connectivity index (χ2v) is 7.84. The average Bonchev–Trinajstić information content (AvgIpc) is 2.60. The molecule has 2 aromatic rings. The Balaban J connectivity index is 1.76. The first-order chi connectivity index (χ1) is 11.5. The van der Waals surface area contributed by atoms with Crippen molar-refractivity contribution in [1.82, 2.24) is 9.29 Å². The fraction of sp³-hybridized carbons (Fsp3) is 0.294. The largest absolute Gasteiger partial charge is 0.326 e. The van der Waals surface area contributed by atoms with Crippen LogP contribution >= 0.6 is 0 Å². The summed E-state index contributed by atoms with van der Waals surface area (Å²) in [5, 5.41) is 2.76. The summed E-state index contributed by atoms with van der Waals surface area (Å²) in [7, 11) is -1.97. The molecule has 1 aliphatic rings. The topological polar surface area (TPSA) is 79.4 Å². The Morgan fingerprint density at radius 2 is 1.92 bits per heavy atom. The molecule has 1 N–H and O–H groups in total. The smallest absolute Gasteiger partial charge is 0.242 e. The molecule has 1 aromatic carbocycles. The molecule has 24 heavy (non-hydrogen) atoms. The van der Waals surface area contributed by atoms with Gasteiger partial charge in [0.2, 0.25) is 15.9 Å². The number of aryl methyl sites for hydroxylation is 1. The van der Waals surface area contributed by atoms with E-state index in [1.807, 2.05) is 12.1 Å². The highest BCUT2D eigenvalue weighted by molar-refractivity contribution is 7.89. The number of nitrogens with one attached hydrogen (secondary N) is 1. The molecule has 1 aliphatic heterocycles. The van der Waals surface area contributed by atoms with Gasteiger partial charge in [-0.3, -0.25) is 9.78 Å². The summed E-state index contributed by atoms with van der Waals surface area (Å²) >= 11 is 0. The van der Waals surface area contributed by atoms with Crippen molar-refractivity contribution in [2.45, 2.75) is 24.2 Å². The van der Waals surface area contributed by atoms with E-state index in [0.29, 0.717) is 31.5 Å². The van der Waals surface area contributed by atoms with Gasteiger partial charge in [-0.05, 0) is 54.3 Å². The molecular weight excluding hydrogens is 326 g/mol. The van der Waals surface area contributed by atoms with Gasteiger partial charge in [0.25, 0.3) is 0 Å². The fourth-order valence-electron chi connectivity index (χ4n) is 2.66. The summed E-state index contributed by atoms with van der Waals surface area (Å²) in [6, 6.07) is 8.62. The van der Waals surface area contributed by atoms with Gasteiger partial charge in [-0.1, -0.05) is 0 Å². The molecule has 0 saturated carbocycles. The number of hydrogen-bond acceptors (Lipinski definition) is 4. The second-order valence-electron chi connectivity index (χ2n) is 5.80. The van der Waals surface area contributed by atoms with Crippen LogP contribution in [-0.2, 0) is 27.7 Å². The van der Waals surface area contributed by atoms with Crippen molar-refractivity contribution in [3.05, 3.63) is 53.9 Å². The van der Waals surface area contributed by atoms with Crippen LogP contribution in [0.3, 0.4) is 0 Å². The van der Waals surface area contributed by atoms with Crippen molar-refractivity contribution in [2.75, 3.05) is 18.9 Å².